The number of ketones is 2. The highest BCUT2D eigenvalue weighted by Crippen LogP contribution is 2.41. The first-order valence-corrected chi connectivity index (χ1v) is 14.7. The maximum absolute atomic E-state index is 13.5. The Morgan fingerprint density at radius 2 is 1.84 bits per heavy atom. The lowest BCUT2D eigenvalue weighted by atomic mass is 9.82. The summed E-state index contributed by atoms with van der Waals surface area (Å²) in [4.78, 5) is 68.7. The number of phosphoric ester groups is 1. The average molecular weight is 628 g/mol. The van der Waals surface area contributed by atoms with Crippen molar-refractivity contribution in [1.82, 2.24) is 19.5 Å². The van der Waals surface area contributed by atoms with Crippen LogP contribution >= 0.6 is 7.82 Å². The number of hydrogen-bond acceptors (Lipinski definition) is 12. The summed E-state index contributed by atoms with van der Waals surface area (Å²) in [6.07, 6.45) is -1.72. The molecule has 44 heavy (non-hydrogen) atoms. The number of nitrogens with zero attached hydrogens (tertiary/aromatic N) is 3. The van der Waals surface area contributed by atoms with Crippen LogP contribution in [0.1, 0.15) is 50.1 Å². The molecule has 1 aliphatic carbocycles. The van der Waals surface area contributed by atoms with Gasteiger partial charge in [0.25, 0.3) is 5.56 Å². The second-order valence-electron chi connectivity index (χ2n) is 10.0. The van der Waals surface area contributed by atoms with Crippen LogP contribution in [0.15, 0.2) is 41.5 Å². The Labute approximate surface area is 247 Å². The van der Waals surface area contributed by atoms with E-state index >= 15 is 0 Å². The summed E-state index contributed by atoms with van der Waals surface area (Å²) in [5.41, 5.74) is 0.669. The molecule has 2 aromatic carbocycles. The van der Waals surface area contributed by atoms with Gasteiger partial charge < -0.3 is 34.4 Å². The van der Waals surface area contributed by atoms with Crippen molar-refractivity contribution in [1.29, 1.82) is 0 Å². The van der Waals surface area contributed by atoms with Gasteiger partial charge >= 0.3 is 7.82 Å². The molecule has 1 fully saturated rings. The van der Waals surface area contributed by atoms with Crippen LogP contribution in [-0.4, -0.2) is 79.0 Å². The molecule has 0 saturated carbocycles. The molecule has 17 heteroatoms. The SMILES string of the molecule is COc1cc2c(c(OC)c1CNc1nc3c(ncn3[C@H]3C[C@H](O)[C@@H](COP(=O)(O)O)O3)c(=O)[nH]1)C(=O)c1ccccc1C2=O. The van der Waals surface area contributed by atoms with Crippen LogP contribution in [0.25, 0.3) is 11.2 Å². The van der Waals surface area contributed by atoms with Crippen molar-refractivity contribution >= 4 is 36.5 Å². The van der Waals surface area contributed by atoms with Gasteiger partial charge in [0.05, 0.1) is 50.9 Å². The van der Waals surface area contributed by atoms with E-state index in [1.165, 1.54) is 31.2 Å². The Balaban J connectivity index is 1.31. The first-order valence-electron chi connectivity index (χ1n) is 13.2. The van der Waals surface area contributed by atoms with Crippen molar-refractivity contribution < 1.29 is 47.8 Å². The number of phosphoric acid groups is 1. The number of aromatic nitrogens is 4. The predicted octanol–water partition coefficient (Wildman–Crippen LogP) is 1.28. The monoisotopic (exact) mass is 627 g/mol. The molecular weight excluding hydrogens is 601 g/mol. The maximum atomic E-state index is 13.5. The summed E-state index contributed by atoms with van der Waals surface area (Å²) in [6.45, 7) is -0.606. The van der Waals surface area contributed by atoms with Gasteiger partial charge in [-0.3, -0.25) is 28.5 Å². The van der Waals surface area contributed by atoms with Gasteiger partial charge in [-0.2, -0.15) is 4.98 Å². The Bertz CT molecular complexity index is 1920. The molecule has 2 aromatic heterocycles. The third-order valence-electron chi connectivity index (χ3n) is 7.44. The van der Waals surface area contributed by atoms with Gasteiger partial charge in [0, 0.05) is 23.1 Å². The molecule has 0 bridgehead atoms. The molecular formula is C27H26N5O11P. The molecule has 0 amide bonds. The molecule has 3 atom stereocenters. The van der Waals surface area contributed by atoms with Crippen LogP contribution in [0, 0.1) is 0 Å². The van der Waals surface area contributed by atoms with Gasteiger partial charge in [0.1, 0.15) is 23.8 Å². The quantitative estimate of drug-likeness (QED) is 0.145. The van der Waals surface area contributed by atoms with Crippen molar-refractivity contribution in [3.8, 4) is 11.5 Å². The predicted molar refractivity (Wildman–Crippen MR) is 151 cm³/mol. The van der Waals surface area contributed by atoms with Crippen molar-refractivity contribution in [3.05, 3.63) is 74.8 Å². The highest BCUT2D eigenvalue weighted by Gasteiger charge is 2.38. The van der Waals surface area contributed by atoms with E-state index in [4.69, 9.17) is 24.0 Å². The molecule has 6 rings (SSSR count). The molecule has 4 aromatic rings. The summed E-state index contributed by atoms with van der Waals surface area (Å²) in [6, 6.07) is 7.99. The zero-order chi connectivity index (χ0) is 31.3. The average Bonchev–Trinajstić information content (AvgIpc) is 3.59. The first kappa shape index (κ1) is 29.6. The molecule has 2 aliphatic rings. The standard InChI is InChI=1S/C27H26N5O11P/c1-40-17-7-14-20(23(35)13-6-4-3-5-12(13)22(14)34)24(41-2)15(17)9-28-27-30-25-21(26(36)31-27)29-11-32(25)19-8-16(33)18(43-19)10-42-44(37,38)39/h3-7,11,16,18-19,33H,8-10H2,1-2H3,(H2,37,38,39)(H2,28,30,31,36)/t16-,18+,19+/m0/s1. The summed E-state index contributed by atoms with van der Waals surface area (Å²) in [7, 11) is -2.00. The summed E-state index contributed by atoms with van der Waals surface area (Å²) >= 11 is 0. The Morgan fingerprint density at radius 1 is 1.11 bits per heavy atom. The zero-order valence-electron chi connectivity index (χ0n) is 23.2. The van der Waals surface area contributed by atoms with Gasteiger partial charge in [-0.05, 0) is 6.07 Å². The third kappa shape index (κ3) is 5.17. The fourth-order valence-corrected chi connectivity index (χ4v) is 5.75. The van der Waals surface area contributed by atoms with Crippen molar-refractivity contribution in [2.24, 2.45) is 0 Å². The van der Waals surface area contributed by atoms with Gasteiger partial charge in [0.15, 0.2) is 22.7 Å². The summed E-state index contributed by atoms with van der Waals surface area (Å²) in [5, 5.41) is 13.4. The highest BCUT2D eigenvalue weighted by atomic mass is 31.2. The molecule has 0 unspecified atom stereocenters. The fourth-order valence-electron chi connectivity index (χ4n) is 5.41. The van der Waals surface area contributed by atoms with Crippen molar-refractivity contribution in [2.45, 2.75) is 31.4 Å². The van der Waals surface area contributed by atoms with E-state index in [9.17, 15) is 24.1 Å². The number of anilines is 1. The fraction of sp³-hybridized carbons (Fsp3) is 0.296. The van der Waals surface area contributed by atoms with Crippen LogP contribution in [0.3, 0.4) is 0 Å². The molecule has 1 aliphatic heterocycles. The lowest BCUT2D eigenvalue weighted by Crippen LogP contribution is -2.25. The summed E-state index contributed by atoms with van der Waals surface area (Å²) in [5.74, 6) is -0.315. The first-order chi connectivity index (χ1) is 21.0. The largest absolute Gasteiger partial charge is 0.496 e. The van der Waals surface area contributed by atoms with Crippen LogP contribution < -0.4 is 20.3 Å². The number of carbonyl (C=O) groups is 2. The number of nitrogens with one attached hydrogen (secondary N) is 2. The van der Waals surface area contributed by atoms with Crippen molar-refractivity contribution in [2.75, 3.05) is 26.1 Å². The van der Waals surface area contributed by atoms with Gasteiger partial charge in [-0.15, -0.1) is 0 Å². The number of ether oxygens (including phenoxy) is 3. The number of fused-ring (bicyclic) bond motifs is 3. The highest BCUT2D eigenvalue weighted by molar-refractivity contribution is 7.46. The maximum Gasteiger partial charge on any atom is 0.469 e. The molecule has 1 saturated heterocycles. The lowest BCUT2D eigenvalue weighted by Gasteiger charge is -2.23. The van der Waals surface area contributed by atoms with Crippen LogP contribution in [0.2, 0.25) is 0 Å². The Morgan fingerprint density at radius 3 is 2.52 bits per heavy atom. The number of carbonyl (C=O) groups excluding carboxylic acids is 2. The minimum atomic E-state index is -4.78. The van der Waals surface area contributed by atoms with E-state index < -0.39 is 38.4 Å². The molecule has 5 N–H and O–H groups in total. The smallest absolute Gasteiger partial charge is 0.469 e. The minimum Gasteiger partial charge on any atom is -0.496 e. The zero-order valence-corrected chi connectivity index (χ0v) is 24.1. The third-order valence-corrected chi connectivity index (χ3v) is 7.93. The number of aliphatic hydroxyl groups excluding tert-OH is 1. The van der Waals surface area contributed by atoms with E-state index in [1.54, 1.807) is 24.3 Å². The van der Waals surface area contributed by atoms with Crippen LogP contribution in [-0.2, 0) is 20.4 Å². The summed E-state index contributed by atoms with van der Waals surface area (Å²) < 4.78 is 33.9. The Kier molecular flexibility index (Phi) is 7.57. The number of H-pyrrole nitrogens is 1. The van der Waals surface area contributed by atoms with E-state index in [-0.39, 0.29) is 75.4 Å². The number of imidazole rings is 1. The van der Waals surface area contributed by atoms with Crippen molar-refractivity contribution in [3.63, 3.8) is 0 Å². The molecule has 0 radical (unpaired) electrons. The van der Waals surface area contributed by atoms with Crippen LogP contribution in [0.5, 0.6) is 11.5 Å². The number of aromatic amines is 1. The molecule has 0 spiro atoms. The number of benzene rings is 2. The van der Waals surface area contributed by atoms with Gasteiger partial charge in [-0.1, -0.05) is 24.3 Å². The van der Waals surface area contributed by atoms with Crippen LogP contribution in [0.4, 0.5) is 5.95 Å². The number of hydrogen-bond donors (Lipinski definition) is 5. The van der Waals surface area contributed by atoms with E-state index in [0.717, 1.165) is 0 Å². The number of rotatable bonds is 9. The van der Waals surface area contributed by atoms with E-state index in [0.29, 0.717) is 5.56 Å². The molecule has 230 valence electrons. The minimum absolute atomic E-state index is 0.0112. The normalized spacial score (nSPS) is 19.6. The Hall–Kier alpha value is -4.44. The van der Waals surface area contributed by atoms with Gasteiger partial charge in [0.2, 0.25) is 5.95 Å². The van der Waals surface area contributed by atoms with E-state index in [2.05, 4.69) is 24.8 Å². The molecule has 16 nitrogen and oxygen atoms in total. The molecule has 3 heterocycles. The topological polar surface area (TPSA) is 224 Å². The second kappa shape index (κ2) is 11.2. The lowest BCUT2D eigenvalue weighted by molar-refractivity contribution is -0.0424. The van der Waals surface area contributed by atoms with Gasteiger partial charge in [-0.25, -0.2) is 9.55 Å². The number of aliphatic hydroxyl groups is 1. The number of methoxy groups -OCH3 is 2. The second-order valence-corrected chi connectivity index (χ2v) is 11.3. The van der Waals surface area contributed by atoms with E-state index in [1.807, 2.05) is 0 Å².